The number of hydrogen-bond donors (Lipinski definition) is 6. The van der Waals surface area contributed by atoms with Crippen LogP contribution in [0.25, 0.3) is 0 Å². The Hall–Kier alpha value is -1.21. The number of nitrogens with one attached hydrogen (secondary N) is 3. The molecule has 0 aromatic carbocycles. The van der Waals surface area contributed by atoms with Gasteiger partial charge in [0.2, 0.25) is 5.95 Å². The number of anilines is 3. The third-order valence-corrected chi connectivity index (χ3v) is 5.07. The van der Waals surface area contributed by atoms with E-state index < -0.39 is 38.4 Å². The number of aromatic amines is 1. The number of ether oxygens (including phenoxy) is 1. The molecule has 2 aliphatic heterocycles. The highest BCUT2D eigenvalue weighted by atomic mass is 32.1. The number of rotatable bonds is 3. The number of aromatic nitrogens is 2. The van der Waals surface area contributed by atoms with Gasteiger partial charge < -0.3 is 40.0 Å². The number of nitrogens with two attached hydrogens (primary N) is 1. The van der Waals surface area contributed by atoms with Crippen LogP contribution in [0, 0.1) is 0 Å². The normalized spacial score (nSPS) is 26.2. The van der Waals surface area contributed by atoms with Crippen LogP contribution in [-0.2, 0) is 13.8 Å². The summed E-state index contributed by atoms with van der Waals surface area (Å²) >= 11 is 8.56. The molecule has 5 N–H and O–H groups in total. The van der Waals surface area contributed by atoms with E-state index in [0.717, 1.165) is 0 Å². The van der Waals surface area contributed by atoms with Crippen LogP contribution >= 0.6 is 33.1 Å². The van der Waals surface area contributed by atoms with Gasteiger partial charge in [-0.25, -0.2) is 0 Å². The molecule has 0 aliphatic carbocycles. The van der Waals surface area contributed by atoms with Crippen LogP contribution in [-0.4, -0.2) is 34.9 Å². The molecule has 1 aromatic heterocycles. The van der Waals surface area contributed by atoms with Crippen LogP contribution in [0.1, 0.15) is 0 Å². The number of H-pyrrole nitrogens is 1. The van der Waals surface area contributed by atoms with Gasteiger partial charge in [-0.05, 0) is 0 Å². The predicted octanol–water partition coefficient (Wildman–Crippen LogP) is -1.80. The molecule has 0 saturated carbocycles. The minimum absolute atomic E-state index is 0.0858. The minimum Gasteiger partial charge on any atom is -0.790 e. The van der Waals surface area contributed by atoms with Gasteiger partial charge in [0.1, 0.15) is 17.8 Å². The van der Waals surface area contributed by atoms with E-state index >= 15 is 0 Å². The van der Waals surface area contributed by atoms with Crippen molar-refractivity contribution in [2.45, 2.75) is 18.4 Å². The van der Waals surface area contributed by atoms with Gasteiger partial charge in [-0.2, -0.15) is 4.98 Å². The van der Waals surface area contributed by atoms with Crippen molar-refractivity contribution in [3.63, 3.8) is 0 Å². The van der Waals surface area contributed by atoms with Crippen molar-refractivity contribution in [2.24, 2.45) is 0 Å². The predicted molar refractivity (Wildman–Crippen MR) is 87.5 cm³/mol. The van der Waals surface area contributed by atoms with Crippen LogP contribution in [0.15, 0.2) is 14.6 Å². The fraction of sp³-hybridized carbons (Fsp3) is 0.400. The molecule has 0 saturated heterocycles. The number of nitrogens with zero attached hydrogens (tertiary/aromatic N) is 1. The molecule has 0 radical (unpaired) electrons. The molecule has 0 amide bonds. The average molecular weight is 393 g/mol. The van der Waals surface area contributed by atoms with Crippen LogP contribution in [0.2, 0.25) is 0 Å². The average Bonchev–Trinajstić information content (AvgIpc) is 2.47. The summed E-state index contributed by atoms with van der Waals surface area (Å²) in [6.45, 7) is -0.546. The first-order chi connectivity index (χ1) is 11.2. The number of hydrogen-bond acceptors (Lipinski definition) is 12. The highest BCUT2D eigenvalue weighted by molar-refractivity contribution is 7.88. The van der Waals surface area contributed by atoms with Gasteiger partial charge >= 0.3 is 0 Å². The van der Waals surface area contributed by atoms with Crippen LogP contribution in [0.3, 0.4) is 0 Å². The maximum absolute atomic E-state index is 11.9. The Bertz CT molecular complexity index is 809. The summed E-state index contributed by atoms with van der Waals surface area (Å²) in [4.78, 5) is 40.1. The molecule has 2 aliphatic rings. The first kappa shape index (κ1) is 17.6. The molecule has 24 heavy (non-hydrogen) atoms. The second kappa shape index (κ2) is 6.26. The quantitative estimate of drug-likeness (QED) is 0.254. The Labute approximate surface area is 146 Å². The summed E-state index contributed by atoms with van der Waals surface area (Å²) in [6, 6.07) is -0.581. The molecule has 0 spiro atoms. The largest absolute Gasteiger partial charge is 0.790 e. The molecule has 3 atom stereocenters. The Balaban J connectivity index is 1.88. The number of phosphoric acid groups is 1. The topological polar surface area (TPSA) is 177 Å². The van der Waals surface area contributed by atoms with E-state index in [4.69, 9.17) is 10.5 Å². The van der Waals surface area contributed by atoms with Crippen molar-refractivity contribution in [3.05, 3.63) is 20.2 Å². The summed E-state index contributed by atoms with van der Waals surface area (Å²) < 4.78 is 20.5. The van der Waals surface area contributed by atoms with Crippen molar-refractivity contribution < 1.29 is 23.6 Å². The van der Waals surface area contributed by atoms with E-state index in [2.05, 4.69) is 50.4 Å². The number of nitrogen functional groups attached to an aromatic ring is 1. The fourth-order valence-electron chi connectivity index (χ4n) is 2.35. The van der Waals surface area contributed by atoms with Crippen molar-refractivity contribution >= 4 is 50.5 Å². The summed E-state index contributed by atoms with van der Waals surface area (Å²) in [5.41, 5.74) is 5.17. The lowest BCUT2D eigenvalue weighted by atomic mass is 10.1. The standard InChI is InChI=1S/C10H14N5O6PS2/c11-10-14-7-4(8(16)15-10)12-3-6(24)5(23)2(21-9(3)13-7)1-20-22(17,18)19/h2-3,9,12,23-24H,1H2,(H2,17,18,19)(H4,11,13,14,15,16)/p-2. The molecule has 11 nitrogen and oxygen atoms in total. The lowest BCUT2D eigenvalue weighted by Crippen LogP contribution is -2.52. The van der Waals surface area contributed by atoms with Gasteiger partial charge in [-0.3, -0.25) is 9.78 Å². The zero-order valence-electron chi connectivity index (χ0n) is 11.8. The lowest BCUT2D eigenvalue weighted by Gasteiger charge is -2.42. The maximum atomic E-state index is 11.9. The second-order valence-electron chi connectivity index (χ2n) is 5.00. The molecule has 3 unspecified atom stereocenters. The van der Waals surface area contributed by atoms with Gasteiger partial charge in [-0.1, -0.05) is 0 Å². The van der Waals surface area contributed by atoms with Gasteiger partial charge in [0.05, 0.1) is 14.4 Å². The third-order valence-electron chi connectivity index (χ3n) is 3.38. The van der Waals surface area contributed by atoms with Crippen molar-refractivity contribution in [3.8, 4) is 0 Å². The molecule has 0 fully saturated rings. The van der Waals surface area contributed by atoms with Gasteiger partial charge in [0, 0.05) is 9.81 Å². The van der Waals surface area contributed by atoms with Crippen LogP contribution in [0.5, 0.6) is 0 Å². The zero-order valence-corrected chi connectivity index (χ0v) is 14.4. The zero-order chi connectivity index (χ0) is 17.6. The number of thiol groups is 2. The van der Waals surface area contributed by atoms with Crippen LogP contribution in [0.4, 0.5) is 17.5 Å². The SMILES string of the molecule is Nc1nc2c(c(=O)[nH]1)NC1C(S)=C(S)C(COP(=O)([O-])[O-])OC1N2. The minimum atomic E-state index is -5.15. The smallest absolute Gasteiger partial charge is 0.277 e. The summed E-state index contributed by atoms with van der Waals surface area (Å²) in [6.07, 6.45) is -1.70. The van der Waals surface area contributed by atoms with Crippen molar-refractivity contribution in [2.75, 3.05) is 23.0 Å². The van der Waals surface area contributed by atoms with E-state index in [1.807, 2.05) is 0 Å². The fourth-order valence-corrected chi connectivity index (χ4v) is 3.28. The lowest BCUT2D eigenvalue weighted by molar-refractivity contribution is -0.342. The third kappa shape index (κ3) is 3.42. The monoisotopic (exact) mass is 393 g/mol. The maximum Gasteiger partial charge on any atom is 0.277 e. The van der Waals surface area contributed by atoms with E-state index in [1.54, 1.807) is 0 Å². The van der Waals surface area contributed by atoms with Gasteiger partial charge in [-0.15, -0.1) is 25.3 Å². The van der Waals surface area contributed by atoms with E-state index in [1.165, 1.54) is 0 Å². The van der Waals surface area contributed by atoms with E-state index in [9.17, 15) is 19.1 Å². The Morgan fingerprint density at radius 2 is 2.04 bits per heavy atom. The highest BCUT2D eigenvalue weighted by Crippen LogP contribution is 2.38. The molecular weight excluding hydrogens is 381 g/mol. The van der Waals surface area contributed by atoms with Gasteiger partial charge in [0.15, 0.2) is 12.0 Å². The molecule has 3 heterocycles. The van der Waals surface area contributed by atoms with Crippen molar-refractivity contribution in [1.82, 2.24) is 9.97 Å². The van der Waals surface area contributed by atoms with Crippen LogP contribution < -0.4 is 31.7 Å². The summed E-state index contributed by atoms with van der Waals surface area (Å²) in [5.74, 6) is 0.0802. The Kier molecular flexibility index (Phi) is 4.59. The van der Waals surface area contributed by atoms with E-state index in [0.29, 0.717) is 4.91 Å². The Morgan fingerprint density at radius 1 is 1.33 bits per heavy atom. The molecular formula is C10H12N5O6PS2-2. The van der Waals surface area contributed by atoms with Gasteiger partial charge in [0.25, 0.3) is 5.56 Å². The molecule has 14 heteroatoms. The first-order valence-electron chi connectivity index (χ1n) is 6.52. The molecule has 3 rings (SSSR count). The van der Waals surface area contributed by atoms with Crippen molar-refractivity contribution in [1.29, 1.82) is 0 Å². The highest BCUT2D eigenvalue weighted by Gasteiger charge is 2.40. The summed E-state index contributed by atoms with van der Waals surface area (Å²) in [7, 11) is -5.15. The second-order valence-corrected chi connectivity index (χ2v) is 7.12. The Morgan fingerprint density at radius 3 is 2.71 bits per heavy atom. The molecule has 132 valence electrons. The van der Waals surface area contributed by atoms with E-state index in [-0.39, 0.29) is 22.4 Å². The summed E-state index contributed by atoms with van der Waals surface area (Å²) in [5, 5.41) is 5.78. The molecule has 1 aromatic rings. The first-order valence-corrected chi connectivity index (χ1v) is 8.88. The number of phosphoric ester groups is 1. The molecule has 0 bridgehead atoms. The number of fused-ring (bicyclic) bond motifs is 2.